The maximum Gasteiger partial charge on any atom is 0.303 e. The van der Waals surface area contributed by atoms with E-state index in [0.717, 1.165) is 23.6 Å². The predicted octanol–water partition coefficient (Wildman–Crippen LogP) is 3.10. The van der Waals surface area contributed by atoms with Gasteiger partial charge in [0, 0.05) is 31.9 Å². The largest absolute Gasteiger partial charge is 0.481 e. The molecule has 0 atom stereocenters. The number of benzene rings is 1. The summed E-state index contributed by atoms with van der Waals surface area (Å²) < 4.78 is 0. The lowest BCUT2D eigenvalue weighted by molar-refractivity contribution is -0.137. The van der Waals surface area contributed by atoms with Gasteiger partial charge in [0.1, 0.15) is 5.82 Å². The lowest BCUT2D eigenvalue weighted by atomic mass is 10.2. The average Bonchev–Trinajstić information content (AvgIpc) is 2.55. The van der Waals surface area contributed by atoms with E-state index in [1.54, 1.807) is 6.20 Å². The smallest absolute Gasteiger partial charge is 0.303 e. The number of hydrogen-bond donors (Lipinski definition) is 3. The number of hydrogen-bond acceptors (Lipinski definition) is 5. The molecule has 0 amide bonds. The molecule has 1 heterocycles. The van der Waals surface area contributed by atoms with E-state index in [2.05, 4.69) is 15.2 Å². The Hall–Kier alpha value is -2.76. The Morgan fingerprint density at radius 3 is 2.74 bits per heavy atom. The number of aromatic nitrogens is 1. The van der Waals surface area contributed by atoms with Gasteiger partial charge >= 0.3 is 5.97 Å². The highest BCUT2D eigenvalue weighted by Gasteiger charge is 2.12. The first-order valence-electron chi connectivity index (χ1n) is 7.59. The van der Waals surface area contributed by atoms with Crippen LogP contribution < -0.4 is 16.0 Å². The van der Waals surface area contributed by atoms with Crippen LogP contribution in [0.3, 0.4) is 0 Å². The molecule has 0 unspecified atom stereocenters. The lowest BCUT2D eigenvalue weighted by Gasteiger charge is -2.24. The summed E-state index contributed by atoms with van der Waals surface area (Å²) in [5.41, 5.74) is 8.53. The van der Waals surface area contributed by atoms with E-state index < -0.39 is 5.97 Å². The minimum atomic E-state index is -0.767. The molecule has 6 heteroatoms. The number of unbranched alkanes of at least 4 members (excludes halogenated alkanes) is 1. The molecule has 2 aromatic rings. The summed E-state index contributed by atoms with van der Waals surface area (Å²) in [6.07, 6.45) is 3.31. The van der Waals surface area contributed by atoms with Crippen molar-refractivity contribution in [1.29, 1.82) is 0 Å². The second-order valence-electron chi connectivity index (χ2n) is 5.21. The van der Waals surface area contributed by atoms with Crippen molar-refractivity contribution in [1.82, 2.24) is 4.98 Å². The molecule has 0 radical (unpaired) electrons. The SMILES string of the molecule is CNc1ccc(N(CCCCC(=O)O)c2ccccn2)cc1N. The molecule has 0 aliphatic carbocycles. The molecule has 0 aliphatic rings. The van der Waals surface area contributed by atoms with Crippen molar-refractivity contribution in [2.75, 3.05) is 29.5 Å². The molecule has 0 spiro atoms. The Labute approximate surface area is 136 Å². The van der Waals surface area contributed by atoms with E-state index in [4.69, 9.17) is 10.8 Å². The summed E-state index contributed by atoms with van der Waals surface area (Å²) in [6, 6.07) is 11.5. The van der Waals surface area contributed by atoms with Crippen molar-refractivity contribution in [3.05, 3.63) is 42.6 Å². The number of rotatable bonds is 8. The number of carbonyl (C=O) groups is 1. The first-order chi connectivity index (χ1) is 11.1. The van der Waals surface area contributed by atoms with E-state index in [1.807, 2.05) is 43.4 Å². The normalized spacial score (nSPS) is 10.3. The van der Waals surface area contributed by atoms with Crippen LogP contribution in [0, 0.1) is 0 Å². The van der Waals surface area contributed by atoms with Crippen LogP contribution in [0.15, 0.2) is 42.6 Å². The van der Waals surface area contributed by atoms with Gasteiger partial charge in [-0.1, -0.05) is 6.07 Å². The van der Waals surface area contributed by atoms with Gasteiger partial charge in [0.05, 0.1) is 11.4 Å². The minimum Gasteiger partial charge on any atom is -0.481 e. The fourth-order valence-corrected chi connectivity index (χ4v) is 2.38. The Morgan fingerprint density at radius 2 is 2.13 bits per heavy atom. The summed E-state index contributed by atoms with van der Waals surface area (Å²) in [7, 11) is 1.83. The van der Waals surface area contributed by atoms with Crippen LogP contribution in [0.2, 0.25) is 0 Å². The van der Waals surface area contributed by atoms with Crippen molar-refractivity contribution < 1.29 is 9.90 Å². The van der Waals surface area contributed by atoms with Gasteiger partial charge < -0.3 is 21.1 Å². The van der Waals surface area contributed by atoms with Crippen LogP contribution in [0.25, 0.3) is 0 Å². The van der Waals surface area contributed by atoms with Crippen LogP contribution in [0.4, 0.5) is 22.9 Å². The van der Waals surface area contributed by atoms with Gasteiger partial charge in [-0.25, -0.2) is 4.98 Å². The third kappa shape index (κ3) is 4.60. The first-order valence-corrected chi connectivity index (χ1v) is 7.59. The van der Waals surface area contributed by atoms with Crippen LogP contribution >= 0.6 is 0 Å². The quantitative estimate of drug-likeness (QED) is 0.512. The van der Waals surface area contributed by atoms with Gasteiger partial charge in [-0.3, -0.25) is 4.79 Å². The van der Waals surface area contributed by atoms with Crippen molar-refractivity contribution >= 4 is 28.8 Å². The zero-order valence-electron chi connectivity index (χ0n) is 13.2. The minimum absolute atomic E-state index is 0.177. The number of anilines is 4. The molecule has 1 aromatic heterocycles. The Morgan fingerprint density at radius 1 is 1.30 bits per heavy atom. The molecule has 23 heavy (non-hydrogen) atoms. The van der Waals surface area contributed by atoms with Gasteiger partial charge in [0.2, 0.25) is 0 Å². The second kappa shape index (κ2) is 8.03. The van der Waals surface area contributed by atoms with Gasteiger partial charge in [-0.15, -0.1) is 0 Å². The fraction of sp³-hybridized carbons (Fsp3) is 0.294. The molecule has 0 saturated carbocycles. The van der Waals surface area contributed by atoms with E-state index >= 15 is 0 Å². The standard InChI is InChI=1S/C17H22N4O2/c1-19-15-9-8-13(12-14(15)18)21(11-5-3-7-17(22)23)16-6-2-4-10-20-16/h2,4,6,8-10,12,19H,3,5,7,11,18H2,1H3,(H,22,23). The van der Waals surface area contributed by atoms with Crippen LogP contribution in [-0.2, 0) is 4.79 Å². The van der Waals surface area contributed by atoms with Crippen molar-refractivity contribution in [3.63, 3.8) is 0 Å². The predicted molar refractivity (Wildman–Crippen MR) is 93.1 cm³/mol. The monoisotopic (exact) mass is 314 g/mol. The molecule has 0 aliphatic heterocycles. The zero-order chi connectivity index (χ0) is 16.7. The number of nitrogens with one attached hydrogen (secondary N) is 1. The van der Waals surface area contributed by atoms with E-state index in [-0.39, 0.29) is 6.42 Å². The molecule has 0 fully saturated rings. The van der Waals surface area contributed by atoms with E-state index in [9.17, 15) is 4.79 Å². The number of carboxylic acid groups (broad SMARTS) is 1. The van der Waals surface area contributed by atoms with Crippen molar-refractivity contribution in [2.45, 2.75) is 19.3 Å². The number of aliphatic carboxylic acids is 1. The zero-order valence-corrected chi connectivity index (χ0v) is 13.2. The Bertz CT molecular complexity index is 646. The highest BCUT2D eigenvalue weighted by Crippen LogP contribution is 2.29. The molecular formula is C17H22N4O2. The summed E-state index contributed by atoms with van der Waals surface area (Å²) in [5.74, 6) is 0.0523. The summed E-state index contributed by atoms with van der Waals surface area (Å²) in [4.78, 5) is 17.1. The number of nitrogens with zero attached hydrogens (tertiary/aromatic N) is 2. The Balaban J connectivity index is 2.19. The maximum atomic E-state index is 10.6. The molecule has 4 N–H and O–H groups in total. The molecule has 0 saturated heterocycles. The summed E-state index contributed by atoms with van der Waals surface area (Å²) in [5, 5.41) is 11.8. The van der Waals surface area contributed by atoms with Crippen molar-refractivity contribution in [3.8, 4) is 0 Å². The number of carboxylic acids is 1. The fourth-order valence-electron chi connectivity index (χ4n) is 2.38. The molecule has 0 bridgehead atoms. The van der Waals surface area contributed by atoms with Crippen LogP contribution in [-0.4, -0.2) is 29.7 Å². The van der Waals surface area contributed by atoms with Crippen molar-refractivity contribution in [2.24, 2.45) is 0 Å². The summed E-state index contributed by atoms with van der Waals surface area (Å²) >= 11 is 0. The molecule has 122 valence electrons. The number of nitrogens with two attached hydrogens (primary N) is 1. The number of nitrogen functional groups attached to an aromatic ring is 1. The van der Waals surface area contributed by atoms with Gasteiger partial charge in [-0.05, 0) is 43.2 Å². The molecule has 2 rings (SSSR count). The second-order valence-corrected chi connectivity index (χ2v) is 5.21. The van der Waals surface area contributed by atoms with Crippen LogP contribution in [0.5, 0.6) is 0 Å². The molecular weight excluding hydrogens is 292 g/mol. The maximum absolute atomic E-state index is 10.6. The average molecular weight is 314 g/mol. The molecule has 6 nitrogen and oxygen atoms in total. The highest BCUT2D eigenvalue weighted by molar-refractivity contribution is 5.74. The Kier molecular flexibility index (Phi) is 5.80. The van der Waals surface area contributed by atoms with E-state index in [0.29, 0.717) is 18.7 Å². The molecule has 1 aromatic carbocycles. The third-order valence-electron chi connectivity index (χ3n) is 3.56. The van der Waals surface area contributed by atoms with Gasteiger partial charge in [0.25, 0.3) is 0 Å². The first kappa shape index (κ1) is 16.6. The third-order valence-corrected chi connectivity index (χ3v) is 3.56. The summed E-state index contributed by atoms with van der Waals surface area (Å²) in [6.45, 7) is 0.683. The lowest BCUT2D eigenvalue weighted by Crippen LogP contribution is -2.20. The van der Waals surface area contributed by atoms with Crippen LogP contribution in [0.1, 0.15) is 19.3 Å². The van der Waals surface area contributed by atoms with Gasteiger partial charge in [0.15, 0.2) is 0 Å². The van der Waals surface area contributed by atoms with Gasteiger partial charge in [-0.2, -0.15) is 0 Å². The topological polar surface area (TPSA) is 91.5 Å². The highest BCUT2D eigenvalue weighted by atomic mass is 16.4. The van der Waals surface area contributed by atoms with E-state index in [1.165, 1.54) is 0 Å². The number of pyridine rings is 1.